The van der Waals surface area contributed by atoms with E-state index >= 15 is 8.78 Å². The summed E-state index contributed by atoms with van der Waals surface area (Å²) >= 11 is 1.30. The molecule has 0 bridgehead atoms. The second-order valence-corrected chi connectivity index (χ2v) is 8.37. The van der Waals surface area contributed by atoms with Crippen molar-refractivity contribution < 1.29 is 13.6 Å². The van der Waals surface area contributed by atoms with Gasteiger partial charge in [0.25, 0.3) is 11.8 Å². The van der Waals surface area contributed by atoms with Gasteiger partial charge in [-0.15, -0.1) is 11.3 Å². The molecular weight excluding hydrogens is 408 g/mol. The van der Waals surface area contributed by atoms with E-state index in [2.05, 4.69) is 20.7 Å². The maximum Gasteiger partial charge on any atom is 0.275 e. The highest BCUT2D eigenvalue weighted by molar-refractivity contribution is 7.07. The van der Waals surface area contributed by atoms with Gasteiger partial charge in [0.05, 0.1) is 40.7 Å². The Bertz CT molecular complexity index is 1020. The molecule has 1 aliphatic heterocycles. The summed E-state index contributed by atoms with van der Waals surface area (Å²) in [7, 11) is 0. The second kappa shape index (κ2) is 8.23. The van der Waals surface area contributed by atoms with Crippen LogP contribution in [-0.4, -0.2) is 39.7 Å². The van der Waals surface area contributed by atoms with Crippen molar-refractivity contribution in [3.8, 4) is 5.69 Å². The quantitative estimate of drug-likeness (QED) is 0.628. The molecule has 0 saturated carbocycles. The molecule has 1 aromatic carbocycles. The van der Waals surface area contributed by atoms with Crippen molar-refractivity contribution in [2.45, 2.75) is 38.0 Å². The fourth-order valence-corrected chi connectivity index (χ4v) is 4.28. The zero-order valence-electron chi connectivity index (χ0n) is 16.7. The van der Waals surface area contributed by atoms with Crippen molar-refractivity contribution in [1.82, 2.24) is 20.1 Å². The zero-order chi connectivity index (χ0) is 21.3. The highest BCUT2D eigenvalue weighted by atomic mass is 32.1. The van der Waals surface area contributed by atoms with Crippen LogP contribution >= 0.6 is 11.3 Å². The number of benzene rings is 1. The van der Waals surface area contributed by atoms with E-state index in [-0.39, 0.29) is 18.0 Å². The van der Waals surface area contributed by atoms with E-state index in [0.29, 0.717) is 29.3 Å². The van der Waals surface area contributed by atoms with E-state index in [0.717, 1.165) is 0 Å². The van der Waals surface area contributed by atoms with Gasteiger partial charge in [-0.05, 0) is 31.0 Å². The number of alkyl halides is 2. The Morgan fingerprint density at radius 3 is 2.73 bits per heavy atom. The number of hydrogen-bond acceptors (Lipinski definition) is 5. The smallest absolute Gasteiger partial charge is 0.275 e. The Hall–Kier alpha value is -2.65. The first kappa shape index (κ1) is 20.6. The number of carbonyl (C=O) groups excluding carboxylic acids is 1. The highest BCUT2D eigenvalue weighted by Crippen LogP contribution is 2.44. The molecule has 30 heavy (non-hydrogen) atoms. The summed E-state index contributed by atoms with van der Waals surface area (Å²) in [5, 5.41) is 11.9. The summed E-state index contributed by atoms with van der Waals surface area (Å²) in [6.07, 6.45) is 0.239. The van der Waals surface area contributed by atoms with Gasteiger partial charge in [0.1, 0.15) is 5.69 Å². The molecule has 1 amide bonds. The van der Waals surface area contributed by atoms with Gasteiger partial charge in [-0.1, -0.05) is 32.0 Å². The lowest BCUT2D eigenvalue weighted by molar-refractivity contribution is -0.0436. The van der Waals surface area contributed by atoms with E-state index < -0.39 is 24.3 Å². The summed E-state index contributed by atoms with van der Waals surface area (Å²) in [4.78, 5) is 16.8. The molecule has 1 unspecified atom stereocenters. The van der Waals surface area contributed by atoms with Crippen LogP contribution in [0.15, 0.2) is 41.2 Å². The summed E-state index contributed by atoms with van der Waals surface area (Å²) in [5.74, 6) is -4.55. The van der Waals surface area contributed by atoms with Crippen LogP contribution in [0.4, 0.5) is 14.5 Å². The lowest BCUT2D eigenvalue weighted by Gasteiger charge is -2.33. The molecule has 4 rings (SSSR count). The van der Waals surface area contributed by atoms with Crippen LogP contribution in [0.2, 0.25) is 0 Å². The first-order valence-corrected chi connectivity index (χ1v) is 10.8. The number of hydrogen-bond donors (Lipinski definition) is 2. The van der Waals surface area contributed by atoms with Crippen LogP contribution in [0.1, 0.15) is 54.0 Å². The maximum absolute atomic E-state index is 15.0. The largest absolute Gasteiger partial charge is 0.317 e. The molecule has 2 aromatic heterocycles. The van der Waals surface area contributed by atoms with Gasteiger partial charge in [-0.2, -0.15) is 5.10 Å². The molecule has 2 N–H and O–H groups in total. The van der Waals surface area contributed by atoms with Crippen molar-refractivity contribution in [2.24, 2.45) is 0 Å². The fraction of sp³-hybridized carbons (Fsp3) is 0.381. The number of thiazole rings is 1. The Balaban J connectivity index is 1.90. The van der Waals surface area contributed by atoms with Gasteiger partial charge in [-0.3, -0.25) is 4.79 Å². The van der Waals surface area contributed by atoms with Crippen LogP contribution in [-0.2, 0) is 0 Å². The summed E-state index contributed by atoms with van der Waals surface area (Å²) in [6.45, 7) is 3.92. The van der Waals surface area contributed by atoms with Crippen LogP contribution < -0.4 is 10.6 Å². The van der Waals surface area contributed by atoms with E-state index in [1.807, 2.05) is 44.2 Å². The molecule has 9 heteroatoms. The van der Waals surface area contributed by atoms with E-state index in [4.69, 9.17) is 0 Å². The summed E-state index contributed by atoms with van der Waals surface area (Å²) in [6, 6.07) is 9.19. The van der Waals surface area contributed by atoms with Crippen molar-refractivity contribution in [1.29, 1.82) is 0 Å². The minimum atomic E-state index is -2.97. The number of halogens is 2. The summed E-state index contributed by atoms with van der Waals surface area (Å²) < 4.78 is 31.6. The first-order chi connectivity index (χ1) is 14.4. The number of amides is 1. The number of carbonyl (C=O) groups is 1. The predicted molar refractivity (Wildman–Crippen MR) is 113 cm³/mol. The van der Waals surface area contributed by atoms with Crippen molar-refractivity contribution in [3.63, 3.8) is 0 Å². The van der Waals surface area contributed by atoms with Crippen LogP contribution in [0.25, 0.3) is 5.69 Å². The van der Waals surface area contributed by atoms with Gasteiger partial charge in [0.15, 0.2) is 0 Å². The molecule has 0 radical (unpaired) electrons. The maximum atomic E-state index is 15.0. The molecule has 1 aliphatic rings. The molecule has 1 atom stereocenters. The highest BCUT2D eigenvalue weighted by Gasteiger charge is 2.46. The third-order valence-corrected chi connectivity index (χ3v) is 5.80. The Morgan fingerprint density at radius 1 is 1.33 bits per heavy atom. The third kappa shape index (κ3) is 3.87. The topological polar surface area (TPSA) is 71.8 Å². The molecule has 3 aromatic rings. The normalized spacial score (nSPS) is 18.5. The first-order valence-electron chi connectivity index (χ1n) is 9.85. The molecule has 3 heterocycles. The Labute approximate surface area is 177 Å². The van der Waals surface area contributed by atoms with E-state index in [1.54, 1.807) is 15.6 Å². The number of aromatic nitrogens is 3. The molecule has 6 nitrogen and oxygen atoms in total. The van der Waals surface area contributed by atoms with Gasteiger partial charge < -0.3 is 10.6 Å². The average molecular weight is 432 g/mol. The van der Waals surface area contributed by atoms with E-state index in [9.17, 15) is 4.79 Å². The molecule has 1 saturated heterocycles. The SMILES string of the molecule is CC(C)c1nn(-c2ccccc2)c(C2CCNCC2(F)F)c1NC(=O)c1cscn1. The van der Waals surface area contributed by atoms with Gasteiger partial charge >= 0.3 is 0 Å². The van der Waals surface area contributed by atoms with E-state index in [1.165, 1.54) is 11.3 Å². The third-order valence-electron chi connectivity index (χ3n) is 5.21. The number of para-hydroxylation sites is 1. The number of rotatable bonds is 5. The van der Waals surface area contributed by atoms with Gasteiger partial charge in [0, 0.05) is 5.38 Å². The van der Waals surface area contributed by atoms with Crippen molar-refractivity contribution >= 4 is 22.9 Å². The second-order valence-electron chi connectivity index (χ2n) is 7.65. The standard InChI is InChI=1S/C21H23F2N5OS/c1-13(2)17-18(26-20(29)16-10-30-12-25-16)19(15-8-9-24-11-21(15,22)23)28(27-17)14-6-4-3-5-7-14/h3-7,10,12-13,15,24H,8-9,11H2,1-2H3,(H,26,29). The van der Waals surface area contributed by atoms with Crippen molar-refractivity contribution in [3.05, 3.63) is 58.3 Å². The molecular formula is C21H23F2N5OS. The number of piperidine rings is 1. The number of anilines is 1. The molecule has 1 fully saturated rings. The Kier molecular flexibility index (Phi) is 5.66. The minimum Gasteiger partial charge on any atom is -0.317 e. The number of nitrogens with one attached hydrogen (secondary N) is 2. The summed E-state index contributed by atoms with van der Waals surface area (Å²) in [5.41, 5.74) is 3.77. The lowest BCUT2D eigenvalue weighted by atomic mass is 9.88. The molecule has 0 aliphatic carbocycles. The number of nitrogens with zero attached hydrogens (tertiary/aromatic N) is 3. The molecule has 158 valence electrons. The van der Waals surface area contributed by atoms with Crippen LogP contribution in [0.5, 0.6) is 0 Å². The Morgan fingerprint density at radius 2 is 2.10 bits per heavy atom. The fourth-order valence-electron chi connectivity index (χ4n) is 3.74. The van der Waals surface area contributed by atoms with Crippen LogP contribution in [0.3, 0.4) is 0 Å². The van der Waals surface area contributed by atoms with Crippen LogP contribution in [0, 0.1) is 0 Å². The lowest BCUT2D eigenvalue weighted by Crippen LogP contribution is -2.45. The van der Waals surface area contributed by atoms with Crippen molar-refractivity contribution in [2.75, 3.05) is 18.4 Å². The minimum absolute atomic E-state index is 0.0743. The molecule has 0 spiro atoms. The zero-order valence-corrected chi connectivity index (χ0v) is 17.5. The predicted octanol–water partition coefficient (Wildman–Crippen LogP) is 4.42. The van der Waals surface area contributed by atoms with Gasteiger partial charge in [0.2, 0.25) is 0 Å². The van der Waals surface area contributed by atoms with Gasteiger partial charge in [-0.25, -0.2) is 18.4 Å². The average Bonchev–Trinajstić information content (AvgIpc) is 3.37. The monoisotopic (exact) mass is 431 g/mol.